The van der Waals surface area contributed by atoms with Gasteiger partial charge >= 0.3 is 0 Å². The molecule has 118 valence electrons. The third-order valence-corrected chi connectivity index (χ3v) is 3.86. The number of hydrogen-bond acceptors (Lipinski definition) is 3. The van der Waals surface area contributed by atoms with Crippen molar-refractivity contribution in [2.24, 2.45) is 0 Å². The van der Waals surface area contributed by atoms with Gasteiger partial charge in [-0.3, -0.25) is 4.79 Å². The Morgan fingerprint density at radius 2 is 2.09 bits per heavy atom. The molecule has 0 aliphatic heterocycles. The first-order chi connectivity index (χ1) is 10.5. The van der Waals surface area contributed by atoms with E-state index in [9.17, 15) is 9.18 Å². The largest absolute Gasteiger partial charge is 0.374 e. The highest BCUT2D eigenvalue weighted by Gasteiger charge is 2.11. The van der Waals surface area contributed by atoms with Crippen LogP contribution in [0.2, 0.25) is 0 Å². The minimum Gasteiger partial charge on any atom is -0.374 e. The van der Waals surface area contributed by atoms with Crippen LogP contribution < -0.4 is 10.6 Å². The molecule has 0 bridgehead atoms. The van der Waals surface area contributed by atoms with Gasteiger partial charge in [0.2, 0.25) is 0 Å². The van der Waals surface area contributed by atoms with E-state index in [0.29, 0.717) is 33.4 Å². The molecule has 2 N–H and O–H groups in total. The highest BCUT2D eigenvalue weighted by molar-refractivity contribution is 9.12. The Balaban J connectivity index is 3.22. The predicted octanol–water partition coefficient (Wildman–Crippen LogP) is 4.09. The second-order valence-corrected chi connectivity index (χ2v) is 5.39. The Labute approximate surface area is 139 Å². The van der Waals surface area contributed by atoms with Crippen LogP contribution >= 0.6 is 15.9 Å². The zero-order valence-electron chi connectivity index (χ0n) is 12.7. The van der Waals surface area contributed by atoms with Crippen molar-refractivity contribution in [1.82, 2.24) is 10.6 Å². The zero-order chi connectivity index (χ0) is 16.5. The van der Waals surface area contributed by atoms with Crippen molar-refractivity contribution in [1.29, 1.82) is 0 Å². The summed E-state index contributed by atoms with van der Waals surface area (Å²) >= 11 is 3.32. The van der Waals surface area contributed by atoms with E-state index in [1.54, 1.807) is 25.2 Å². The first-order valence-electron chi connectivity index (χ1n) is 6.99. The van der Waals surface area contributed by atoms with Gasteiger partial charge in [-0.05, 0) is 34.5 Å². The summed E-state index contributed by atoms with van der Waals surface area (Å²) in [6, 6.07) is 6.55. The van der Waals surface area contributed by atoms with Gasteiger partial charge in [0, 0.05) is 23.9 Å². The standard InChI is InChI=1S/C17H20BrFN2O/c1-4-5-10-15(13-8-6-7-9-14(13)19)21-17(20-3)16(18)12(2)11-22/h6-11,20-21H,2,4-5H2,1,3H3/b15-10?,17-16-. The Hall–Kier alpha value is -1.88. The van der Waals surface area contributed by atoms with Crippen LogP contribution in [0, 0.1) is 5.82 Å². The van der Waals surface area contributed by atoms with Gasteiger partial charge in [0.05, 0.1) is 4.48 Å². The third kappa shape index (κ3) is 4.84. The van der Waals surface area contributed by atoms with E-state index in [2.05, 4.69) is 40.1 Å². The maximum Gasteiger partial charge on any atom is 0.150 e. The molecule has 1 aromatic carbocycles. The van der Waals surface area contributed by atoms with Crippen molar-refractivity contribution in [2.45, 2.75) is 19.8 Å². The number of benzene rings is 1. The lowest BCUT2D eigenvalue weighted by molar-refractivity contribution is -0.104. The molecule has 0 aliphatic carbocycles. The molecule has 22 heavy (non-hydrogen) atoms. The van der Waals surface area contributed by atoms with Crippen molar-refractivity contribution in [3.8, 4) is 0 Å². The SMILES string of the molecule is C=C(C=O)/C(Br)=C(\NC)NC(=CCCC)c1ccccc1F. The molecule has 0 saturated heterocycles. The molecule has 0 aromatic heterocycles. The second-order valence-electron chi connectivity index (χ2n) is 4.59. The molecular weight excluding hydrogens is 347 g/mol. The summed E-state index contributed by atoms with van der Waals surface area (Å²) in [6.07, 6.45) is 4.34. The van der Waals surface area contributed by atoms with Crippen LogP contribution in [0.15, 0.2) is 52.8 Å². The smallest absolute Gasteiger partial charge is 0.150 e. The van der Waals surface area contributed by atoms with E-state index in [4.69, 9.17) is 0 Å². The summed E-state index contributed by atoms with van der Waals surface area (Å²) in [4.78, 5) is 10.9. The fraction of sp³-hybridized carbons (Fsp3) is 0.235. The van der Waals surface area contributed by atoms with Gasteiger partial charge < -0.3 is 10.6 Å². The van der Waals surface area contributed by atoms with Gasteiger partial charge in [0.25, 0.3) is 0 Å². The van der Waals surface area contributed by atoms with Gasteiger partial charge in [0.1, 0.15) is 11.6 Å². The number of nitrogens with one attached hydrogen (secondary N) is 2. The number of rotatable bonds is 8. The van der Waals surface area contributed by atoms with E-state index in [0.717, 1.165) is 12.8 Å². The quantitative estimate of drug-likeness (QED) is 0.413. The second kappa shape index (κ2) is 9.20. The molecular formula is C17H20BrFN2O. The summed E-state index contributed by atoms with van der Waals surface area (Å²) < 4.78 is 14.5. The maximum atomic E-state index is 14.0. The molecule has 0 aliphatic rings. The minimum atomic E-state index is -0.307. The molecule has 0 atom stereocenters. The average Bonchev–Trinajstić information content (AvgIpc) is 2.54. The van der Waals surface area contributed by atoms with Crippen molar-refractivity contribution in [2.75, 3.05) is 7.05 Å². The zero-order valence-corrected chi connectivity index (χ0v) is 14.3. The van der Waals surface area contributed by atoms with Crippen LogP contribution in [-0.2, 0) is 4.79 Å². The summed E-state index contributed by atoms with van der Waals surface area (Å²) in [7, 11) is 1.71. The first kappa shape index (κ1) is 18.2. The lowest BCUT2D eigenvalue weighted by atomic mass is 10.1. The summed E-state index contributed by atoms with van der Waals surface area (Å²) in [5, 5.41) is 6.09. The number of hydrogen-bond donors (Lipinski definition) is 2. The summed E-state index contributed by atoms with van der Waals surface area (Å²) in [5.41, 5.74) is 1.40. The molecule has 5 heteroatoms. The van der Waals surface area contributed by atoms with Crippen molar-refractivity contribution < 1.29 is 9.18 Å². The van der Waals surface area contributed by atoms with Gasteiger partial charge in [-0.25, -0.2) is 4.39 Å². The Morgan fingerprint density at radius 3 is 2.64 bits per heavy atom. The van der Waals surface area contributed by atoms with Crippen molar-refractivity contribution in [3.63, 3.8) is 0 Å². The van der Waals surface area contributed by atoms with Crippen molar-refractivity contribution in [3.05, 3.63) is 64.2 Å². The number of carbonyl (C=O) groups is 1. The topological polar surface area (TPSA) is 41.1 Å². The number of aldehydes is 1. The highest BCUT2D eigenvalue weighted by Crippen LogP contribution is 2.21. The summed E-state index contributed by atoms with van der Waals surface area (Å²) in [5.74, 6) is 0.237. The maximum absolute atomic E-state index is 14.0. The molecule has 0 spiro atoms. The van der Waals surface area contributed by atoms with E-state index in [1.165, 1.54) is 6.07 Å². The Bertz CT molecular complexity index is 608. The average molecular weight is 367 g/mol. The van der Waals surface area contributed by atoms with Crippen LogP contribution in [0.3, 0.4) is 0 Å². The molecule has 0 unspecified atom stereocenters. The van der Waals surface area contributed by atoms with Crippen LogP contribution in [0.4, 0.5) is 4.39 Å². The fourth-order valence-electron chi connectivity index (χ4n) is 1.77. The number of carbonyl (C=O) groups excluding carboxylic acids is 1. The summed E-state index contributed by atoms with van der Waals surface area (Å²) in [6.45, 7) is 5.71. The normalized spacial score (nSPS) is 12.5. The molecule has 0 radical (unpaired) electrons. The third-order valence-electron chi connectivity index (χ3n) is 2.95. The minimum absolute atomic E-state index is 0.292. The molecule has 3 nitrogen and oxygen atoms in total. The van der Waals surface area contributed by atoms with Crippen LogP contribution in [0.25, 0.3) is 5.70 Å². The lowest BCUT2D eigenvalue weighted by Crippen LogP contribution is -2.24. The fourth-order valence-corrected chi connectivity index (χ4v) is 2.16. The monoisotopic (exact) mass is 366 g/mol. The van der Waals surface area contributed by atoms with Gasteiger partial charge in [-0.15, -0.1) is 0 Å². The highest BCUT2D eigenvalue weighted by atomic mass is 79.9. The van der Waals surface area contributed by atoms with E-state index < -0.39 is 0 Å². The molecule has 1 aromatic rings. The van der Waals surface area contributed by atoms with E-state index in [-0.39, 0.29) is 5.82 Å². The first-order valence-corrected chi connectivity index (χ1v) is 7.78. The number of allylic oxidation sites excluding steroid dienone is 3. The van der Waals surface area contributed by atoms with Gasteiger partial charge in [-0.2, -0.15) is 0 Å². The van der Waals surface area contributed by atoms with Crippen LogP contribution in [0.5, 0.6) is 0 Å². The van der Waals surface area contributed by atoms with E-state index >= 15 is 0 Å². The van der Waals surface area contributed by atoms with Crippen LogP contribution in [0.1, 0.15) is 25.3 Å². The molecule has 1 rings (SSSR count). The Kier molecular flexibility index (Phi) is 7.60. The predicted molar refractivity (Wildman–Crippen MR) is 92.6 cm³/mol. The molecule has 0 fully saturated rings. The Morgan fingerprint density at radius 1 is 1.41 bits per heavy atom. The lowest BCUT2D eigenvalue weighted by Gasteiger charge is -2.17. The molecule has 0 heterocycles. The van der Waals surface area contributed by atoms with Gasteiger partial charge in [0.15, 0.2) is 6.29 Å². The van der Waals surface area contributed by atoms with Crippen LogP contribution in [-0.4, -0.2) is 13.3 Å². The van der Waals surface area contributed by atoms with Crippen molar-refractivity contribution >= 4 is 27.9 Å². The molecule has 0 saturated carbocycles. The number of unbranched alkanes of at least 4 members (excludes halogenated alkanes) is 1. The van der Waals surface area contributed by atoms with Gasteiger partial charge in [-0.1, -0.05) is 38.1 Å². The number of halogens is 2. The van der Waals surface area contributed by atoms with E-state index in [1.807, 2.05) is 6.08 Å². The molecule has 0 amide bonds.